The van der Waals surface area contributed by atoms with E-state index < -0.39 is 41.8 Å². The number of benzene rings is 1. The molecule has 0 spiro atoms. The van der Waals surface area contributed by atoms with Crippen LogP contribution in [0.4, 0.5) is 29.3 Å². The van der Waals surface area contributed by atoms with E-state index in [0.29, 0.717) is 32.8 Å². The summed E-state index contributed by atoms with van der Waals surface area (Å²) in [4.78, 5) is 46.0. The first kappa shape index (κ1) is 29.6. The molecule has 0 radical (unpaired) electrons. The Balaban J connectivity index is 1.41. The van der Waals surface area contributed by atoms with Gasteiger partial charge in [0.1, 0.15) is 11.6 Å². The van der Waals surface area contributed by atoms with Crippen molar-refractivity contribution in [2.24, 2.45) is 0 Å². The van der Waals surface area contributed by atoms with Gasteiger partial charge in [-0.05, 0) is 57.7 Å². The lowest BCUT2D eigenvalue weighted by Gasteiger charge is -2.35. The van der Waals surface area contributed by atoms with Crippen LogP contribution in [-0.2, 0) is 20.7 Å². The molecule has 2 atom stereocenters. The summed E-state index contributed by atoms with van der Waals surface area (Å²) in [5, 5.41) is 4.61. The first-order valence-electron chi connectivity index (χ1n) is 13.4. The highest BCUT2D eigenvalue weighted by Crippen LogP contribution is 2.40. The van der Waals surface area contributed by atoms with Gasteiger partial charge in [-0.3, -0.25) is 9.59 Å². The average Bonchev–Trinajstić information content (AvgIpc) is 3.48. The number of aryl methyl sites for hydroxylation is 1. The lowest BCUT2D eigenvalue weighted by molar-refractivity contribution is -0.190. The number of alkyl halides is 3. The first-order valence-corrected chi connectivity index (χ1v) is 13.8. The fourth-order valence-corrected chi connectivity index (χ4v) is 5.66. The molecular weight excluding hydrogens is 577 g/mol. The standard InChI is InChI=1S/C28H30ClF3N6O4/c1-27(2,3)42-26(41)37-19(11-12-23(37)39)25(40)35(4)24(28(30,31)32)16-7-9-17(10-8-16)36-13-5-6-18-20(36)15-33-22-14-21(29)34-38(18)22/h7-10,14-15,19,24H,5-6,11-13H2,1-4H3/t19?,24-/m0/s1. The predicted octanol–water partition coefficient (Wildman–Crippen LogP) is 5.45. The van der Waals surface area contributed by atoms with Gasteiger partial charge in [-0.25, -0.2) is 19.2 Å². The van der Waals surface area contributed by atoms with Crippen LogP contribution in [0, 0.1) is 0 Å². The smallest absolute Gasteiger partial charge is 0.417 e. The molecule has 1 fully saturated rings. The number of carbonyl (C=O) groups excluding carboxylic acids is 3. The fourth-order valence-electron chi connectivity index (χ4n) is 5.49. The van der Waals surface area contributed by atoms with Gasteiger partial charge < -0.3 is 14.5 Å². The molecule has 14 heteroatoms. The molecule has 2 aromatic heterocycles. The van der Waals surface area contributed by atoms with Crippen molar-refractivity contribution >= 4 is 46.5 Å². The van der Waals surface area contributed by atoms with Gasteiger partial charge in [-0.15, -0.1) is 0 Å². The maximum Gasteiger partial charge on any atom is 0.417 e. The second-order valence-corrected chi connectivity index (χ2v) is 11.8. The number of hydrogen-bond acceptors (Lipinski definition) is 7. The van der Waals surface area contributed by atoms with Crippen LogP contribution in [0.15, 0.2) is 36.5 Å². The molecule has 1 unspecified atom stereocenters. The molecular formula is C28H30ClF3N6O4. The molecule has 0 N–H and O–H groups in total. The molecule has 1 aromatic carbocycles. The molecule has 1 saturated heterocycles. The highest BCUT2D eigenvalue weighted by atomic mass is 35.5. The molecule has 3 amide bonds. The number of carbonyl (C=O) groups is 3. The van der Waals surface area contributed by atoms with E-state index in [1.807, 2.05) is 4.90 Å². The van der Waals surface area contributed by atoms with Gasteiger partial charge in [0, 0.05) is 31.8 Å². The Bertz CT molecular complexity index is 1540. The van der Waals surface area contributed by atoms with Crippen LogP contribution in [0.5, 0.6) is 0 Å². The van der Waals surface area contributed by atoms with Crippen LogP contribution in [0.2, 0.25) is 5.15 Å². The number of anilines is 2. The van der Waals surface area contributed by atoms with Crippen LogP contribution >= 0.6 is 11.6 Å². The molecule has 224 valence electrons. The monoisotopic (exact) mass is 606 g/mol. The van der Waals surface area contributed by atoms with Crippen molar-refractivity contribution in [3.05, 3.63) is 52.9 Å². The van der Waals surface area contributed by atoms with E-state index in [1.165, 1.54) is 12.1 Å². The summed E-state index contributed by atoms with van der Waals surface area (Å²) in [5.41, 5.74) is 1.78. The minimum Gasteiger partial charge on any atom is -0.443 e. The molecule has 5 rings (SSSR count). The summed E-state index contributed by atoms with van der Waals surface area (Å²) in [6.07, 6.45) is -2.94. The van der Waals surface area contributed by atoms with Crippen molar-refractivity contribution in [1.29, 1.82) is 0 Å². The molecule has 2 aliphatic rings. The lowest BCUT2D eigenvalue weighted by atomic mass is 10.0. The van der Waals surface area contributed by atoms with Crippen molar-refractivity contribution in [3.8, 4) is 0 Å². The molecule has 2 aliphatic heterocycles. The van der Waals surface area contributed by atoms with E-state index in [0.717, 1.165) is 31.3 Å². The van der Waals surface area contributed by atoms with Crippen molar-refractivity contribution in [2.75, 3.05) is 18.5 Å². The Morgan fingerprint density at radius 3 is 2.48 bits per heavy atom. The van der Waals surface area contributed by atoms with E-state index in [4.69, 9.17) is 16.3 Å². The molecule has 0 saturated carbocycles. The van der Waals surface area contributed by atoms with Crippen LogP contribution < -0.4 is 4.90 Å². The predicted molar refractivity (Wildman–Crippen MR) is 147 cm³/mol. The number of rotatable bonds is 4. The van der Waals surface area contributed by atoms with Crippen molar-refractivity contribution < 1.29 is 32.3 Å². The number of likely N-dealkylation sites (tertiary alicyclic amines) is 1. The maximum absolute atomic E-state index is 14.5. The van der Waals surface area contributed by atoms with Gasteiger partial charge in [0.25, 0.3) is 0 Å². The van der Waals surface area contributed by atoms with E-state index in [1.54, 1.807) is 49.7 Å². The SMILES string of the molecule is CN(C(=O)C1CCC(=O)N1C(=O)OC(C)(C)C)[C@@H](c1ccc(N2CCCc3c2cnc2cc(Cl)nn32)cc1)C(F)(F)F. The maximum atomic E-state index is 14.5. The Kier molecular flexibility index (Phi) is 7.58. The summed E-state index contributed by atoms with van der Waals surface area (Å²) in [5.74, 6) is -1.68. The van der Waals surface area contributed by atoms with Gasteiger partial charge in [0.05, 0.1) is 17.6 Å². The third-order valence-corrected chi connectivity index (χ3v) is 7.45. The summed E-state index contributed by atoms with van der Waals surface area (Å²) >= 11 is 6.06. The Hall–Kier alpha value is -3.87. The van der Waals surface area contributed by atoms with Crippen LogP contribution in [-0.4, -0.2) is 73.7 Å². The minimum atomic E-state index is -4.84. The number of fused-ring (bicyclic) bond motifs is 3. The summed E-state index contributed by atoms with van der Waals surface area (Å²) in [7, 11) is 1.03. The largest absolute Gasteiger partial charge is 0.443 e. The molecule has 10 nitrogen and oxygen atoms in total. The van der Waals surface area contributed by atoms with E-state index in [-0.39, 0.29) is 18.4 Å². The van der Waals surface area contributed by atoms with Crippen LogP contribution in [0.1, 0.15) is 57.3 Å². The van der Waals surface area contributed by atoms with Crippen LogP contribution in [0.3, 0.4) is 0 Å². The Morgan fingerprint density at radius 2 is 1.83 bits per heavy atom. The minimum absolute atomic E-state index is 0.0953. The third-order valence-electron chi connectivity index (χ3n) is 7.27. The fraction of sp³-hybridized carbons (Fsp3) is 0.464. The van der Waals surface area contributed by atoms with Gasteiger partial charge in [0.15, 0.2) is 16.8 Å². The van der Waals surface area contributed by atoms with Gasteiger partial charge in [0.2, 0.25) is 11.8 Å². The number of imide groups is 1. The van der Waals surface area contributed by atoms with Crippen molar-refractivity contribution in [3.63, 3.8) is 0 Å². The zero-order valence-electron chi connectivity index (χ0n) is 23.5. The summed E-state index contributed by atoms with van der Waals surface area (Å²) in [6.45, 7) is 5.38. The zero-order valence-corrected chi connectivity index (χ0v) is 24.2. The van der Waals surface area contributed by atoms with Crippen molar-refractivity contribution in [2.45, 2.75) is 70.3 Å². The lowest BCUT2D eigenvalue weighted by Crippen LogP contribution is -2.51. The number of amides is 3. The second kappa shape index (κ2) is 10.8. The zero-order chi connectivity index (χ0) is 30.6. The Morgan fingerprint density at radius 1 is 1.14 bits per heavy atom. The summed E-state index contributed by atoms with van der Waals surface area (Å²) in [6, 6.07) is 3.73. The average molecular weight is 607 g/mol. The molecule has 4 heterocycles. The first-order chi connectivity index (χ1) is 19.7. The summed E-state index contributed by atoms with van der Waals surface area (Å²) < 4.78 is 50.3. The number of halogens is 4. The highest BCUT2D eigenvalue weighted by molar-refractivity contribution is 6.29. The third kappa shape index (κ3) is 5.61. The molecule has 3 aromatic rings. The molecule has 42 heavy (non-hydrogen) atoms. The van der Waals surface area contributed by atoms with E-state index in [2.05, 4.69) is 10.1 Å². The van der Waals surface area contributed by atoms with Crippen molar-refractivity contribution in [1.82, 2.24) is 24.4 Å². The molecule has 0 bridgehead atoms. The van der Waals surface area contributed by atoms with Gasteiger partial charge >= 0.3 is 12.3 Å². The van der Waals surface area contributed by atoms with E-state index in [9.17, 15) is 27.6 Å². The topological polar surface area (TPSA) is 100 Å². The Labute approximate surface area is 245 Å². The number of nitrogens with zero attached hydrogens (tertiary/aromatic N) is 6. The highest BCUT2D eigenvalue weighted by Gasteiger charge is 2.50. The van der Waals surface area contributed by atoms with E-state index >= 15 is 0 Å². The van der Waals surface area contributed by atoms with Gasteiger partial charge in [-0.1, -0.05) is 23.7 Å². The number of likely N-dealkylation sites (N-methyl/N-ethyl adjacent to an activating group) is 1. The normalized spacial score (nSPS) is 18.3. The number of hydrogen-bond donors (Lipinski definition) is 0. The quantitative estimate of drug-likeness (QED) is 0.389. The second-order valence-electron chi connectivity index (χ2n) is 11.4. The molecule has 0 aliphatic carbocycles. The van der Waals surface area contributed by atoms with Gasteiger partial charge in [-0.2, -0.15) is 18.3 Å². The number of ether oxygens (including phenoxy) is 1. The van der Waals surface area contributed by atoms with Crippen LogP contribution in [0.25, 0.3) is 5.65 Å². The number of aromatic nitrogens is 3.